The van der Waals surface area contributed by atoms with Crippen molar-refractivity contribution in [3.8, 4) is 0 Å². The first-order valence-corrected chi connectivity index (χ1v) is 7.82. The largest absolute Gasteiger partial charge is 0.381 e. The van der Waals surface area contributed by atoms with Crippen molar-refractivity contribution in [2.45, 2.75) is 12.3 Å². The fourth-order valence-electron chi connectivity index (χ4n) is 1.80. The van der Waals surface area contributed by atoms with E-state index in [4.69, 9.17) is 5.14 Å². The van der Waals surface area contributed by atoms with Crippen molar-refractivity contribution in [2.75, 3.05) is 5.32 Å². The zero-order chi connectivity index (χ0) is 15.5. The van der Waals surface area contributed by atoms with Crippen LogP contribution in [0.5, 0.6) is 0 Å². The molecule has 3 N–H and O–H groups in total. The number of primary sulfonamides is 1. The molecule has 0 aliphatic carbocycles. The van der Waals surface area contributed by atoms with Gasteiger partial charge in [-0.1, -0.05) is 18.2 Å². The highest BCUT2D eigenvalue weighted by Gasteiger charge is 2.05. The minimum absolute atomic E-state index is 0.226. The van der Waals surface area contributed by atoms with Crippen molar-refractivity contribution in [1.82, 2.24) is 0 Å². The molecule has 7 heteroatoms. The van der Waals surface area contributed by atoms with Crippen molar-refractivity contribution in [1.29, 1.82) is 0 Å². The van der Waals surface area contributed by atoms with Gasteiger partial charge in [-0.25, -0.2) is 22.3 Å². The number of hydrogen-bond donors (Lipinski definition) is 2. The third-order valence-corrected chi connectivity index (χ3v) is 3.54. The molecule has 0 fully saturated rings. The lowest BCUT2D eigenvalue weighted by atomic mass is 10.2. The van der Waals surface area contributed by atoms with E-state index >= 15 is 0 Å². The van der Waals surface area contributed by atoms with Gasteiger partial charge in [0.15, 0.2) is 11.6 Å². The summed E-state index contributed by atoms with van der Waals surface area (Å²) in [5, 5.41) is 7.98. The van der Waals surface area contributed by atoms with E-state index < -0.39 is 21.7 Å². The Morgan fingerprint density at radius 2 is 1.57 bits per heavy atom. The van der Waals surface area contributed by atoms with E-state index in [1.807, 2.05) is 0 Å². The van der Waals surface area contributed by atoms with Gasteiger partial charge in [0, 0.05) is 12.2 Å². The molecule has 0 aliphatic heterocycles. The average molecular weight is 312 g/mol. The fraction of sp³-hybridized carbons (Fsp3) is 0.143. The van der Waals surface area contributed by atoms with Crippen LogP contribution in [-0.2, 0) is 22.3 Å². The summed E-state index contributed by atoms with van der Waals surface area (Å²) in [4.78, 5) is 0. The van der Waals surface area contributed by atoms with Crippen molar-refractivity contribution in [3.63, 3.8) is 0 Å². The Morgan fingerprint density at radius 3 is 2.14 bits per heavy atom. The lowest BCUT2D eigenvalue weighted by molar-refractivity contribution is 0.507. The van der Waals surface area contributed by atoms with Gasteiger partial charge in [-0.2, -0.15) is 0 Å². The van der Waals surface area contributed by atoms with Gasteiger partial charge in [0.05, 0.1) is 5.75 Å². The van der Waals surface area contributed by atoms with Crippen molar-refractivity contribution in [3.05, 3.63) is 65.2 Å². The van der Waals surface area contributed by atoms with E-state index in [1.165, 1.54) is 6.07 Å². The normalized spacial score (nSPS) is 11.4. The zero-order valence-corrected chi connectivity index (χ0v) is 11.8. The molecule has 0 atom stereocenters. The van der Waals surface area contributed by atoms with Gasteiger partial charge < -0.3 is 5.32 Å². The minimum Gasteiger partial charge on any atom is -0.381 e. The zero-order valence-electron chi connectivity index (χ0n) is 11.0. The fourth-order valence-corrected chi connectivity index (χ4v) is 2.46. The van der Waals surface area contributed by atoms with Gasteiger partial charge in [0.2, 0.25) is 10.0 Å². The van der Waals surface area contributed by atoms with Crippen LogP contribution in [0.3, 0.4) is 0 Å². The third kappa shape index (κ3) is 4.80. The van der Waals surface area contributed by atoms with E-state index in [2.05, 4.69) is 5.32 Å². The number of hydrogen-bond acceptors (Lipinski definition) is 3. The Bertz CT molecular complexity index is 731. The van der Waals surface area contributed by atoms with Gasteiger partial charge in [0.25, 0.3) is 0 Å². The smallest absolute Gasteiger partial charge is 0.213 e. The molecule has 112 valence electrons. The van der Waals surface area contributed by atoms with Crippen LogP contribution in [0.4, 0.5) is 14.5 Å². The van der Waals surface area contributed by atoms with Gasteiger partial charge in [-0.3, -0.25) is 0 Å². The summed E-state index contributed by atoms with van der Waals surface area (Å²) in [6, 6.07) is 10.3. The highest BCUT2D eigenvalue weighted by Crippen LogP contribution is 2.14. The number of rotatable bonds is 5. The van der Waals surface area contributed by atoms with Crippen LogP contribution in [0.2, 0.25) is 0 Å². The molecule has 2 aromatic rings. The first kappa shape index (κ1) is 15.4. The van der Waals surface area contributed by atoms with E-state index in [0.717, 1.165) is 17.8 Å². The molecular formula is C14H14F2N2O2S. The molecule has 4 nitrogen and oxygen atoms in total. The van der Waals surface area contributed by atoms with Crippen LogP contribution in [-0.4, -0.2) is 8.42 Å². The quantitative estimate of drug-likeness (QED) is 0.890. The monoisotopic (exact) mass is 312 g/mol. The lowest BCUT2D eigenvalue weighted by Gasteiger charge is -2.08. The molecule has 0 spiro atoms. The molecule has 0 heterocycles. The molecule has 2 rings (SSSR count). The Morgan fingerprint density at radius 1 is 0.952 bits per heavy atom. The topological polar surface area (TPSA) is 72.2 Å². The summed E-state index contributed by atoms with van der Waals surface area (Å²) in [6.45, 7) is 0.325. The molecule has 0 saturated carbocycles. The first-order valence-electron chi connectivity index (χ1n) is 6.11. The first-order chi connectivity index (χ1) is 9.83. The standard InChI is InChI=1S/C14H14F2N2O2S/c15-13-6-3-11(7-14(13)16)8-18-12-4-1-10(2-5-12)9-21(17,19)20/h1-7,18H,8-9H2,(H2,17,19,20). The van der Waals surface area contributed by atoms with E-state index in [9.17, 15) is 17.2 Å². The maximum atomic E-state index is 13.0. The Balaban J connectivity index is 1.99. The van der Waals surface area contributed by atoms with Crippen molar-refractivity contribution in [2.24, 2.45) is 5.14 Å². The van der Waals surface area contributed by atoms with Gasteiger partial charge in [0.1, 0.15) is 0 Å². The Kier molecular flexibility index (Phi) is 4.54. The number of halogens is 2. The predicted molar refractivity (Wildman–Crippen MR) is 76.9 cm³/mol. The molecule has 21 heavy (non-hydrogen) atoms. The van der Waals surface area contributed by atoms with Gasteiger partial charge >= 0.3 is 0 Å². The van der Waals surface area contributed by atoms with Crippen LogP contribution >= 0.6 is 0 Å². The molecule has 0 aromatic heterocycles. The van der Waals surface area contributed by atoms with Crippen molar-refractivity contribution >= 4 is 15.7 Å². The molecule has 0 amide bonds. The molecule has 0 aliphatic rings. The number of anilines is 1. The maximum Gasteiger partial charge on any atom is 0.213 e. The molecular weight excluding hydrogens is 298 g/mol. The molecule has 0 radical (unpaired) electrons. The van der Waals surface area contributed by atoms with E-state index in [-0.39, 0.29) is 5.75 Å². The lowest BCUT2D eigenvalue weighted by Crippen LogP contribution is -2.14. The molecule has 0 bridgehead atoms. The summed E-state index contributed by atoms with van der Waals surface area (Å²) >= 11 is 0. The third-order valence-electron chi connectivity index (χ3n) is 2.80. The highest BCUT2D eigenvalue weighted by molar-refractivity contribution is 7.88. The average Bonchev–Trinajstić information content (AvgIpc) is 2.40. The van der Waals surface area contributed by atoms with Crippen molar-refractivity contribution < 1.29 is 17.2 Å². The van der Waals surface area contributed by atoms with Crippen LogP contribution in [0.1, 0.15) is 11.1 Å². The van der Waals surface area contributed by atoms with Crippen LogP contribution in [0.25, 0.3) is 0 Å². The van der Waals surface area contributed by atoms with E-state index in [0.29, 0.717) is 17.7 Å². The summed E-state index contributed by atoms with van der Waals surface area (Å²) < 4.78 is 47.7. The van der Waals surface area contributed by atoms with Crippen LogP contribution < -0.4 is 10.5 Å². The number of benzene rings is 2. The summed E-state index contributed by atoms with van der Waals surface area (Å²) in [5.74, 6) is -2.00. The van der Waals surface area contributed by atoms with Crippen LogP contribution in [0.15, 0.2) is 42.5 Å². The Labute approximate surface area is 121 Å². The van der Waals surface area contributed by atoms with Crippen LogP contribution in [0, 0.1) is 11.6 Å². The summed E-state index contributed by atoms with van der Waals surface area (Å²) in [5.41, 5.74) is 1.91. The Hall–Kier alpha value is -1.99. The van der Waals surface area contributed by atoms with E-state index in [1.54, 1.807) is 24.3 Å². The SMILES string of the molecule is NS(=O)(=O)Cc1ccc(NCc2ccc(F)c(F)c2)cc1. The highest BCUT2D eigenvalue weighted by atomic mass is 32.2. The maximum absolute atomic E-state index is 13.0. The van der Waals surface area contributed by atoms with Gasteiger partial charge in [-0.15, -0.1) is 0 Å². The van der Waals surface area contributed by atoms with Gasteiger partial charge in [-0.05, 0) is 35.4 Å². The molecule has 0 saturated heterocycles. The molecule has 0 unspecified atom stereocenters. The minimum atomic E-state index is -3.55. The number of nitrogens with one attached hydrogen (secondary N) is 1. The molecule has 2 aromatic carbocycles. The number of nitrogens with two attached hydrogens (primary N) is 1. The second-order valence-corrected chi connectivity index (χ2v) is 6.22. The predicted octanol–water partition coefficient (Wildman–Crippen LogP) is 2.37. The number of sulfonamides is 1. The summed E-state index contributed by atoms with van der Waals surface area (Å²) in [6.07, 6.45) is 0. The summed E-state index contributed by atoms with van der Waals surface area (Å²) in [7, 11) is -3.55. The second-order valence-electron chi connectivity index (χ2n) is 4.61. The second kappa shape index (κ2) is 6.19.